The third-order valence-electron chi connectivity index (χ3n) is 6.21. The first kappa shape index (κ1) is 22.8. The molecule has 1 aliphatic heterocycles. The predicted octanol–water partition coefficient (Wildman–Crippen LogP) is 3.33. The summed E-state index contributed by atoms with van der Waals surface area (Å²) in [7, 11) is 0. The smallest absolute Gasteiger partial charge is 0.325 e. The number of carbonyl (C=O) groups is 4. The lowest BCUT2D eigenvalue weighted by atomic mass is 9.98. The number of hydrogen-bond donors (Lipinski definition) is 2. The van der Waals surface area contributed by atoms with Crippen molar-refractivity contribution in [3.8, 4) is 0 Å². The van der Waals surface area contributed by atoms with Crippen molar-refractivity contribution >= 4 is 29.5 Å². The highest BCUT2D eigenvalue weighted by Gasteiger charge is 2.52. The van der Waals surface area contributed by atoms with Crippen molar-refractivity contribution in [3.63, 3.8) is 0 Å². The molecule has 2 N–H and O–H groups in total. The molecule has 2 fully saturated rings. The lowest BCUT2D eigenvalue weighted by Crippen LogP contribution is -2.44. The SMILES string of the molecule is CC[C@@H](C)c1ccc(NC(=O)COC(=O)CCCN2C(=O)NC3(CCCC3)C2=O)cc1. The molecule has 1 heterocycles. The zero-order valence-corrected chi connectivity index (χ0v) is 18.2. The van der Waals surface area contributed by atoms with Gasteiger partial charge < -0.3 is 15.4 Å². The molecule has 0 bridgehead atoms. The first-order valence-electron chi connectivity index (χ1n) is 11.0. The van der Waals surface area contributed by atoms with E-state index in [9.17, 15) is 19.2 Å². The van der Waals surface area contributed by atoms with Gasteiger partial charge in [0.05, 0.1) is 0 Å². The van der Waals surface area contributed by atoms with Crippen molar-refractivity contribution in [2.75, 3.05) is 18.5 Å². The molecule has 8 heteroatoms. The van der Waals surface area contributed by atoms with E-state index < -0.39 is 17.4 Å². The van der Waals surface area contributed by atoms with Crippen LogP contribution in [-0.2, 0) is 19.1 Å². The Kier molecular flexibility index (Phi) is 7.30. The minimum atomic E-state index is -0.734. The topological polar surface area (TPSA) is 105 Å². The summed E-state index contributed by atoms with van der Waals surface area (Å²) in [5, 5.41) is 5.51. The van der Waals surface area contributed by atoms with E-state index in [1.165, 1.54) is 10.5 Å². The number of nitrogens with zero attached hydrogens (tertiary/aromatic N) is 1. The Bertz CT molecular complexity index is 830. The van der Waals surface area contributed by atoms with Crippen molar-refractivity contribution in [2.24, 2.45) is 0 Å². The average molecular weight is 430 g/mol. The lowest BCUT2D eigenvalue weighted by molar-refractivity contribution is -0.147. The fourth-order valence-electron chi connectivity index (χ4n) is 4.12. The Morgan fingerprint density at radius 1 is 1.19 bits per heavy atom. The molecule has 1 spiro atoms. The zero-order valence-electron chi connectivity index (χ0n) is 18.2. The van der Waals surface area contributed by atoms with Gasteiger partial charge in [-0.3, -0.25) is 19.3 Å². The van der Waals surface area contributed by atoms with Gasteiger partial charge in [0.15, 0.2) is 6.61 Å². The summed E-state index contributed by atoms with van der Waals surface area (Å²) in [6.45, 7) is 4.05. The molecule has 0 aromatic heterocycles. The van der Waals surface area contributed by atoms with E-state index in [-0.39, 0.29) is 31.5 Å². The number of benzene rings is 1. The van der Waals surface area contributed by atoms with Crippen LogP contribution in [0, 0.1) is 0 Å². The lowest BCUT2D eigenvalue weighted by Gasteiger charge is -2.19. The molecule has 2 aliphatic rings. The number of ether oxygens (including phenoxy) is 1. The largest absolute Gasteiger partial charge is 0.456 e. The van der Waals surface area contributed by atoms with Gasteiger partial charge in [-0.2, -0.15) is 0 Å². The summed E-state index contributed by atoms with van der Waals surface area (Å²) in [5.41, 5.74) is 1.12. The molecule has 1 saturated heterocycles. The van der Waals surface area contributed by atoms with Crippen molar-refractivity contribution in [3.05, 3.63) is 29.8 Å². The summed E-state index contributed by atoms with van der Waals surface area (Å²) < 4.78 is 5.01. The van der Waals surface area contributed by atoms with Gasteiger partial charge >= 0.3 is 12.0 Å². The van der Waals surface area contributed by atoms with Crippen LogP contribution in [0.5, 0.6) is 0 Å². The normalized spacial score (nSPS) is 18.2. The van der Waals surface area contributed by atoms with Crippen LogP contribution in [0.4, 0.5) is 10.5 Å². The number of rotatable bonds is 9. The molecular formula is C23H31N3O5. The molecule has 3 rings (SSSR count). The van der Waals surface area contributed by atoms with Crippen LogP contribution in [0.15, 0.2) is 24.3 Å². The molecule has 31 heavy (non-hydrogen) atoms. The highest BCUT2D eigenvalue weighted by molar-refractivity contribution is 6.07. The summed E-state index contributed by atoms with van der Waals surface area (Å²) in [6, 6.07) is 7.22. The Morgan fingerprint density at radius 2 is 1.87 bits per heavy atom. The van der Waals surface area contributed by atoms with Gasteiger partial charge in [0.1, 0.15) is 5.54 Å². The third kappa shape index (κ3) is 5.42. The van der Waals surface area contributed by atoms with Crippen LogP contribution in [0.1, 0.15) is 70.3 Å². The van der Waals surface area contributed by atoms with Crippen molar-refractivity contribution in [2.45, 2.75) is 70.3 Å². The molecule has 1 atom stereocenters. The number of esters is 1. The molecule has 1 aliphatic carbocycles. The first-order chi connectivity index (χ1) is 14.8. The average Bonchev–Trinajstić information content (AvgIpc) is 3.32. The highest BCUT2D eigenvalue weighted by atomic mass is 16.5. The summed E-state index contributed by atoms with van der Waals surface area (Å²) in [5.74, 6) is -0.690. The van der Waals surface area contributed by atoms with Gasteiger partial charge in [-0.1, -0.05) is 38.8 Å². The minimum absolute atomic E-state index is 0.0287. The number of carbonyl (C=O) groups excluding carboxylic acids is 4. The second-order valence-electron chi connectivity index (χ2n) is 8.42. The Labute approximate surface area is 182 Å². The van der Waals surface area contributed by atoms with Gasteiger partial charge in [-0.15, -0.1) is 0 Å². The van der Waals surface area contributed by atoms with E-state index in [1.807, 2.05) is 24.3 Å². The summed E-state index contributed by atoms with van der Waals surface area (Å²) in [4.78, 5) is 49.8. The van der Waals surface area contributed by atoms with Gasteiger partial charge in [0, 0.05) is 18.7 Å². The number of hydrogen-bond acceptors (Lipinski definition) is 5. The summed E-state index contributed by atoms with van der Waals surface area (Å²) in [6.07, 6.45) is 4.57. The van der Waals surface area contributed by atoms with Crippen LogP contribution in [-0.4, -0.2) is 47.4 Å². The number of amides is 4. The fraction of sp³-hybridized carbons (Fsp3) is 0.565. The maximum atomic E-state index is 12.6. The second kappa shape index (κ2) is 9.94. The molecule has 168 valence electrons. The Hall–Kier alpha value is -2.90. The van der Waals surface area contributed by atoms with E-state index in [0.29, 0.717) is 30.9 Å². The van der Waals surface area contributed by atoms with Crippen molar-refractivity contribution < 1.29 is 23.9 Å². The van der Waals surface area contributed by atoms with E-state index in [0.717, 1.165) is 19.3 Å². The molecule has 1 saturated carbocycles. The van der Waals surface area contributed by atoms with Gasteiger partial charge in [0.2, 0.25) is 0 Å². The van der Waals surface area contributed by atoms with Crippen LogP contribution < -0.4 is 10.6 Å². The molecule has 8 nitrogen and oxygen atoms in total. The molecule has 0 radical (unpaired) electrons. The maximum absolute atomic E-state index is 12.6. The highest BCUT2D eigenvalue weighted by Crippen LogP contribution is 2.35. The quantitative estimate of drug-likeness (QED) is 0.463. The number of anilines is 1. The number of imide groups is 1. The Morgan fingerprint density at radius 3 is 2.52 bits per heavy atom. The van der Waals surface area contributed by atoms with Gasteiger partial charge in [-0.05, 0) is 49.3 Å². The predicted molar refractivity (Wildman–Crippen MR) is 115 cm³/mol. The van der Waals surface area contributed by atoms with Crippen LogP contribution in [0.25, 0.3) is 0 Å². The molecule has 4 amide bonds. The fourth-order valence-corrected chi connectivity index (χ4v) is 4.12. The van der Waals surface area contributed by atoms with E-state index >= 15 is 0 Å². The van der Waals surface area contributed by atoms with Gasteiger partial charge in [0.25, 0.3) is 11.8 Å². The van der Waals surface area contributed by atoms with Crippen molar-refractivity contribution in [1.29, 1.82) is 0 Å². The van der Waals surface area contributed by atoms with Crippen LogP contribution >= 0.6 is 0 Å². The van der Waals surface area contributed by atoms with Gasteiger partial charge in [-0.25, -0.2) is 4.79 Å². The van der Waals surface area contributed by atoms with E-state index in [2.05, 4.69) is 24.5 Å². The molecule has 1 aromatic rings. The maximum Gasteiger partial charge on any atom is 0.325 e. The summed E-state index contributed by atoms with van der Waals surface area (Å²) >= 11 is 0. The number of nitrogens with one attached hydrogen (secondary N) is 2. The second-order valence-corrected chi connectivity index (χ2v) is 8.42. The molecule has 0 unspecified atom stereocenters. The van der Waals surface area contributed by atoms with E-state index in [4.69, 9.17) is 4.74 Å². The zero-order chi connectivity index (χ0) is 22.4. The monoisotopic (exact) mass is 429 g/mol. The van der Waals surface area contributed by atoms with Crippen LogP contribution in [0.2, 0.25) is 0 Å². The standard InChI is InChI=1S/C23H31N3O5/c1-3-16(2)17-8-10-18(11-9-17)24-19(27)15-31-20(28)7-6-14-26-21(29)23(25-22(26)30)12-4-5-13-23/h8-11,16H,3-7,12-15H2,1-2H3,(H,24,27)(H,25,30)/t16-/m1/s1. The molecular weight excluding hydrogens is 398 g/mol. The Balaban J connectivity index is 1.36. The third-order valence-corrected chi connectivity index (χ3v) is 6.21. The minimum Gasteiger partial charge on any atom is -0.456 e. The van der Waals surface area contributed by atoms with Crippen molar-refractivity contribution in [1.82, 2.24) is 10.2 Å². The van der Waals surface area contributed by atoms with E-state index in [1.54, 1.807) is 0 Å². The number of urea groups is 1. The van der Waals surface area contributed by atoms with Crippen LogP contribution in [0.3, 0.4) is 0 Å². The molecule has 1 aromatic carbocycles. The first-order valence-corrected chi connectivity index (χ1v) is 11.0.